The Morgan fingerprint density at radius 1 is 0.519 bits per heavy atom. The Morgan fingerprint density at radius 3 is 1.69 bits per heavy atom. The van der Waals surface area contributed by atoms with Gasteiger partial charge in [0.2, 0.25) is 0 Å². The number of rotatable bonds is 9. The first-order valence-corrected chi connectivity index (χ1v) is 26.2. The monoisotopic (exact) mass is 1210 g/mol. The van der Waals surface area contributed by atoms with Gasteiger partial charge in [0, 0.05) is 46.8 Å². The summed E-state index contributed by atoms with van der Waals surface area (Å²) >= 11 is 0. The van der Waals surface area contributed by atoms with Crippen molar-refractivity contribution in [3.05, 3.63) is 192 Å². The van der Waals surface area contributed by atoms with Gasteiger partial charge in [0.1, 0.15) is 11.6 Å². The number of aromatic nitrogens is 3. The van der Waals surface area contributed by atoms with Crippen molar-refractivity contribution >= 4 is 11.0 Å². The minimum atomic E-state index is -4.84. The molecule has 0 atom stereocenters. The molecule has 0 spiro atoms. The molecule has 77 heavy (non-hydrogen) atoms. The largest absolute Gasteiger partial charge is 0.507 e. The maximum Gasteiger partial charge on any atom is 0.394 e. The molecule has 2 heterocycles. The number of aromatic hydroxyl groups is 1. The number of alkyl halides is 3. The van der Waals surface area contributed by atoms with Gasteiger partial charge in [0.15, 0.2) is 0 Å². The zero-order valence-electron chi connectivity index (χ0n) is 48.8. The zero-order valence-corrected chi connectivity index (χ0v) is 49.0. The fourth-order valence-corrected chi connectivity index (χ4v) is 9.74. The average Bonchev–Trinajstić information content (AvgIpc) is 4.08. The third kappa shape index (κ3) is 11.5. The molecule has 8 heteroatoms. The predicted octanol–water partition coefficient (Wildman–Crippen LogP) is 19.2. The van der Waals surface area contributed by atoms with Crippen molar-refractivity contribution in [3.8, 4) is 78.6 Å². The Labute approximate surface area is 472 Å². The van der Waals surface area contributed by atoms with Crippen molar-refractivity contribution in [1.82, 2.24) is 14.5 Å². The second-order valence-corrected chi connectivity index (χ2v) is 25.0. The molecular formula is C69H71F3N3OPt-. The van der Waals surface area contributed by atoms with Crippen molar-refractivity contribution < 1.29 is 42.1 Å². The molecule has 1 N–H and O–H groups in total. The second kappa shape index (κ2) is 20.7. The fraction of sp³-hybridized carbons (Fsp3) is 0.304. The molecule has 0 unspecified atom stereocenters. The van der Waals surface area contributed by atoms with E-state index in [1.54, 1.807) is 48.7 Å². The Kier molecular flexibility index (Phi) is 14.4. The van der Waals surface area contributed by atoms with Gasteiger partial charge in [-0.3, -0.25) is 9.55 Å². The Balaban J connectivity index is 0.00000822. The van der Waals surface area contributed by atoms with E-state index in [4.69, 9.17) is 9.97 Å². The number of halogens is 3. The van der Waals surface area contributed by atoms with Crippen molar-refractivity contribution in [2.24, 2.45) is 5.41 Å². The molecule has 7 aromatic carbocycles. The van der Waals surface area contributed by atoms with E-state index in [0.29, 0.717) is 50.4 Å². The standard InChI is InChI=1S/C69H71F3N3O.Pt/c1-64(2,3)50-29-31-59(55(39-50)44-24-19-16-20-25-44)75-60-27-21-26-54(61(60)74-63(75)56-40-52(66(7,8)9)41-57(62(56)76)67(10,11)12)47-35-48(37-51(36-47)65(4,5)6)58-38-46(32-33-73-58)45-28-30-53(43-22-17-15-18-23-43)49(34-45)42-68(13,14)69(70,71)72;/h15-34,36-41,76H,42H2,1-14H3;/q-1;/i42D2;. The van der Waals surface area contributed by atoms with E-state index in [0.717, 1.165) is 64.0 Å². The molecule has 0 radical (unpaired) electrons. The van der Waals surface area contributed by atoms with Crippen LogP contribution in [0.1, 0.15) is 127 Å². The van der Waals surface area contributed by atoms with Crippen LogP contribution in [0, 0.1) is 11.5 Å². The number of benzene rings is 7. The van der Waals surface area contributed by atoms with Gasteiger partial charge in [-0.1, -0.05) is 217 Å². The zero-order chi connectivity index (χ0) is 56.7. The average molecular weight is 1210 g/mol. The summed E-state index contributed by atoms with van der Waals surface area (Å²) in [4.78, 5) is 10.5. The topological polar surface area (TPSA) is 50.9 Å². The SMILES string of the molecule is [2H]C([2H])(c1cc(-c2ccnc(-c3[c-]c(-c4cccc5c4nc(-c4cc(C(C)(C)C)cc(C(C)(C)C)c4O)n5-c4ccc(C(C)(C)C)cc4-c4ccccc4)cc(C(C)(C)C)c3)c2)ccc1-c1ccccc1)C(C)(C)C(F)(F)F.[Pt]. The van der Waals surface area contributed by atoms with Gasteiger partial charge >= 0.3 is 6.18 Å². The molecule has 0 aliphatic heterocycles. The van der Waals surface area contributed by atoms with Crippen LogP contribution in [0.3, 0.4) is 0 Å². The minimum Gasteiger partial charge on any atom is -0.507 e. The molecule has 400 valence electrons. The van der Waals surface area contributed by atoms with Crippen LogP contribution in [0.2, 0.25) is 0 Å². The molecule has 0 aliphatic rings. The van der Waals surface area contributed by atoms with Crippen molar-refractivity contribution in [2.45, 2.75) is 131 Å². The smallest absolute Gasteiger partial charge is 0.394 e. The molecule has 0 amide bonds. The molecule has 9 aromatic rings. The minimum absolute atomic E-state index is 0. The fourth-order valence-electron chi connectivity index (χ4n) is 9.74. The van der Waals surface area contributed by atoms with E-state index in [2.05, 4.69) is 173 Å². The van der Waals surface area contributed by atoms with E-state index >= 15 is 0 Å². The number of fused-ring (bicyclic) bond motifs is 1. The summed E-state index contributed by atoms with van der Waals surface area (Å²) in [6.45, 7) is 27.9. The molecular weight excluding hydrogens is 1140 g/mol. The molecule has 4 nitrogen and oxygen atoms in total. The molecule has 0 aliphatic carbocycles. The van der Waals surface area contributed by atoms with Crippen LogP contribution in [0.15, 0.2) is 158 Å². The molecule has 2 aromatic heterocycles. The number of hydrogen-bond donors (Lipinski definition) is 1. The third-order valence-corrected chi connectivity index (χ3v) is 14.6. The Bertz CT molecular complexity index is 3720. The molecule has 0 saturated carbocycles. The summed E-state index contributed by atoms with van der Waals surface area (Å²) in [6, 6.07) is 53.2. The number of phenolic OH excluding ortho intramolecular Hbond substituents is 1. The Morgan fingerprint density at radius 2 is 1.09 bits per heavy atom. The number of nitrogens with zero attached hydrogens (tertiary/aromatic N) is 3. The van der Waals surface area contributed by atoms with E-state index < -0.39 is 23.4 Å². The van der Waals surface area contributed by atoms with Crippen LogP contribution in [0.5, 0.6) is 5.75 Å². The number of pyridine rings is 1. The van der Waals surface area contributed by atoms with Gasteiger partial charge in [-0.25, -0.2) is 4.98 Å². The first kappa shape index (κ1) is 53.8. The summed E-state index contributed by atoms with van der Waals surface area (Å²) in [7, 11) is 0. The van der Waals surface area contributed by atoms with Gasteiger partial charge in [0.05, 0.1) is 27.7 Å². The maximum atomic E-state index is 14.7. The molecule has 9 rings (SSSR count). The van der Waals surface area contributed by atoms with E-state index in [1.165, 1.54) is 5.56 Å². The van der Waals surface area contributed by atoms with Crippen LogP contribution in [-0.2, 0) is 49.1 Å². The summed E-state index contributed by atoms with van der Waals surface area (Å²) in [5, 5.41) is 12.6. The van der Waals surface area contributed by atoms with Crippen LogP contribution < -0.4 is 0 Å². The quantitative estimate of drug-likeness (QED) is 0.147. The first-order valence-electron chi connectivity index (χ1n) is 27.2. The third-order valence-electron chi connectivity index (χ3n) is 14.6. The van der Waals surface area contributed by atoms with Gasteiger partial charge in [-0.2, -0.15) is 13.2 Å². The summed E-state index contributed by atoms with van der Waals surface area (Å²) in [6.07, 6.45) is -5.98. The molecule has 0 fully saturated rings. The second-order valence-electron chi connectivity index (χ2n) is 25.0. The Hall–Kier alpha value is -6.56. The van der Waals surface area contributed by atoms with Crippen LogP contribution in [0.4, 0.5) is 13.2 Å². The summed E-state index contributed by atoms with van der Waals surface area (Å²) in [5.74, 6) is 0.771. The van der Waals surface area contributed by atoms with E-state index in [1.807, 2.05) is 30.3 Å². The number of phenols is 1. The van der Waals surface area contributed by atoms with Crippen LogP contribution in [0.25, 0.3) is 83.9 Å². The number of imidazole rings is 1. The van der Waals surface area contributed by atoms with Gasteiger partial charge in [-0.05, 0) is 103 Å². The summed E-state index contributed by atoms with van der Waals surface area (Å²) in [5.41, 5.74) is 10.4. The normalized spacial score (nSPS) is 13.3. The van der Waals surface area contributed by atoms with E-state index in [-0.39, 0.29) is 48.6 Å². The first-order chi connectivity index (χ1) is 36.3. The predicted molar refractivity (Wildman–Crippen MR) is 310 cm³/mol. The van der Waals surface area contributed by atoms with Gasteiger partial charge in [0.25, 0.3) is 0 Å². The van der Waals surface area contributed by atoms with Gasteiger partial charge < -0.3 is 5.11 Å². The maximum absolute atomic E-state index is 14.7. The van der Waals surface area contributed by atoms with Crippen molar-refractivity contribution in [2.75, 3.05) is 0 Å². The van der Waals surface area contributed by atoms with Gasteiger partial charge in [-0.15, -0.1) is 29.3 Å². The molecule has 0 bridgehead atoms. The summed E-state index contributed by atoms with van der Waals surface area (Å²) < 4.78 is 64.8. The van der Waals surface area contributed by atoms with Crippen molar-refractivity contribution in [1.29, 1.82) is 0 Å². The van der Waals surface area contributed by atoms with Crippen molar-refractivity contribution in [3.63, 3.8) is 0 Å². The number of hydrogen-bond acceptors (Lipinski definition) is 3. The van der Waals surface area contributed by atoms with Crippen LogP contribution >= 0.6 is 0 Å². The van der Waals surface area contributed by atoms with E-state index in [9.17, 15) is 21.0 Å². The molecule has 0 saturated heterocycles. The number of para-hydroxylation sites is 1. The van der Waals surface area contributed by atoms with Crippen LogP contribution in [-0.4, -0.2) is 25.8 Å².